The van der Waals surface area contributed by atoms with Crippen molar-refractivity contribution in [1.82, 2.24) is 9.29 Å². The van der Waals surface area contributed by atoms with Gasteiger partial charge in [0, 0.05) is 24.5 Å². The molecule has 10 heteroatoms. The Balaban J connectivity index is 2.53. The van der Waals surface area contributed by atoms with E-state index in [1.807, 2.05) is 0 Å². The maximum Gasteiger partial charge on any atom is 0.409 e. The topological polar surface area (TPSA) is 74.1 Å². The molecule has 0 aliphatic rings. The molecule has 0 bridgehead atoms. The summed E-state index contributed by atoms with van der Waals surface area (Å²) in [6.45, 7) is 0. The first kappa shape index (κ1) is 19.2. The Hall–Kier alpha value is -2.15. The molecular formula is C15H11ClF3N3O2S. The predicted molar refractivity (Wildman–Crippen MR) is 84.1 cm³/mol. The van der Waals surface area contributed by atoms with Crippen molar-refractivity contribution in [2.45, 2.75) is 17.1 Å². The molecule has 0 radical (unpaired) electrons. The predicted octanol–water partition coefficient (Wildman–Crippen LogP) is 3.53. The standard InChI is InChI=1S/C15H11ClF3N3O2S/c1-22(25(23,24)13-6-10(7-20)8-21-9-13)14(15(17,18)19)11-2-4-12(16)5-3-11/h2-6,8-9,14H,1H3. The molecule has 0 fully saturated rings. The van der Waals surface area contributed by atoms with Crippen LogP contribution >= 0.6 is 11.6 Å². The van der Waals surface area contributed by atoms with E-state index >= 15 is 0 Å². The van der Waals surface area contributed by atoms with E-state index in [1.165, 1.54) is 12.1 Å². The van der Waals surface area contributed by atoms with Crippen LogP contribution in [0.4, 0.5) is 13.2 Å². The Labute approximate surface area is 147 Å². The van der Waals surface area contributed by atoms with Gasteiger partial charge in [-0.1, -0.05) is 23.7 Å². The highest BCUT2D eigenvalue weighted by atomic mass is 35.5. The van der Waals surface area contributed by atoms with Crippen LogP contribution in [0.3, 0.4) is 0 Å². The molecule has 1 atom stereocenters. The summed E-state index contributed by atoms with van der Waals surface area (Å²) < 4.78 is 66.0. The third kappa shape index (κ3) is 4.10. The Morgan fingerprint density at radius 1 is 1.24 bits per heavy atom. The third-order valence-electron chi connectivity index (χ3n) is 3.38. The molecule has 0 amide bonds. The quantitative estimate of drug-likeness (QED) is 0.801. The number of pyridine rings is 1. The van der Waals surface area contributed by atoms with Crippen molar-refractivity contribution in [1.29, 1.82) is 5.26 Å². The Morgan fingerprint density at radius 2 is 1.84 bits per heavy atom. The monoisotopic (exact) mass is 389 g/mol. The van der Waals surface area contributed by atoms with Gasteiger partial charge in [-0.05, 0) is 23.8 Å². The Morgan fingerprint density at radius 3 is 2.36 bits per heavy atom. The molecule has 0 saturated carbocycles. The number of alkyl halides is 3. The van der Waals surface area contributed by atoms with E-state index in [4.69, 9.17) is 16.9 Å². The average molecular weight is 390 g/mol. The Bertz CT molecular complexity index is 909. The number of nitrogens with zero attached hydrogens (tertiary/aromatic N) is 3. The second kappa shape index (κ2) is 7.00. The van der Waals surface area contributed by atoms with Crippen LogP contribution in [-0.4, -0.2) is 30.9 Å². The number of hydrogen-bond donors (Lipinski definition) is 0. The van der Waals surface area contributed by atoms with Crippen molar-refractivity contribution < 1.29 is 21.6 Å². The second-order valence-corrected chi connectivity index (χ2v) is 7.47. The van der Waals surface area contributed by atoms with Gasteiger partial charge in [-0.2, -0.15) is 22.7 Å². The van der Waals surface area contributed by atoms with Crippen LogP contribution in [0, 0.1) is 11.3 Å². The second-order valence-electron chi connectivity index (χ2n) is 5.04. The van der Waals surface area contributed by atoms with E-state index in [9.17, 15) is 21.6 Å². The van der Waals surface area contributed by atoms with Gasteiger partial charge in [-0.25, -0.2) is 8.42 Å². The highest BCUT2D eigenvalue weighted by molar-refractivity contribution is 7.89. The maximum absolute atomic E-state index is 13.5. The number of aromatic nitrogens is 1. The first-order chi connectivity index (χ1) is 11.6. The van der Waals surface area contributed by atoms with Crippen molar-refractivity contribution in [2.24, 2.45) is 0 Å². The minimum absolute atomic E-state index is 0.0791. The van der Waals surface area contributed by atoms with Gasteiger partial charge in [0.15, 0.2) is 0 Å². The van der Waals surface area contributed by atoms with Crippen LogP contribution in [0.2, 0.25) is 5.02 Å². The van der Waals surface area contributed by atoms with Crippen LogP contribution in [-0.2, 0) is 10.0 Å². The van der Waals surface area contributed by atoms with Gasteiger partial charge in [-0.3, -0.25) is 4.98 Å². The molecule has 132 valence electrons. The SMILES string of the molecule is CN(C(c1ccc(Cl)cc1)C(F)(F)F)S(=O)(=O)c1cncc(C#N)c1. The van der Waals surface area contributed by atoms with Crippen molar-refractivity contribution in [3.63, 3.8) is 0 Å². The zero-order valence-corrected chi connectivity index (χ0v) is 14.3. The highest BCUT2D eigenvalue weighted by Crippen LogP contribution is 2.39. The molecule has 0 N–H and O–H groups in total. The molecule has 1 aromatic carbocycles. The lowest BCUT2D eigenvalue weighted by molar-refractivity contribution is -0.171. The molecule has 1 aromatic heterocycles. The van der Waals surface area contributed by atoms with Gasteiger partial charge in [0.2, 0.25) is 10.0 Å². The summed E-state index contributed by atoms with van der Waals surface area (Å²) in [5.74, 6) is 0. The minimum Gasteiger partial charge on any atom is -0.262 e. The molecule has 1 heterocycles. The van der Waals surface area contributed by atoms with E-state index in [1.54, 1.807) is 6.07 Å². The largest absolute Gasteiger partial charge is 0.409 e. The summed E-state index contributed by atoms with van der Waals surface area (Å²) in [4.78, 5) is 3.08. The lowest BCUT2D eigenvalue weighted by Crippen LogP contribution is -2.39. The average Bonchev–Trinajstić information content (AvgIpc) is 2.55. The van der Waals surface area contributed by atoms with Gasteiger partial charge < -0.3 is 0 Å². The van der Waals surface area contributed by atoms with Gasteiger partial charge in [0.25, 0.3) is 0 Å². The van der Waals surface area contributed by atoms with E-state index < -0.39 is 27.1 Å². The van der Waals surface area contributed by atoms with Crippen molar-refractivity contribution in [3.8, 4) is 6.07 Å². The van der Waals surface area contributed by atoms with Crippen molar-refractivity contribution >= 4 is 21.6 Å². The van der Waals surface area contributed by atoms with Crippen LogP contribution in [0.5, 0.6) is 0 Å². The third-order valence-corrected chi connectivity index (χ3v) is 5.42. The van der Waals surface area contributed by atoms with Crippen LogP contribution in [0.25, 0.3) is 0 Å². The number of sulfonamides is 1. The molecule has 0 aliphatic heterocycles. The van der Waals surface area contributed by atoms with Crippen molar-refractivity contribution in [3.05, 3.63) is 58.9 Å². The number of benzene rings is 1. The summed E-state index contributed by atoms with van der Waals surface area (Å²) in [5.41, 5.74) is -0.364. The number of halogens is 4. The lowest BCUT2D eigenvalue weighted by Gasteiger charge is -2.29. The number of nitriles is 1. The van der Waals surface area contributed by atoms with E-state index in [-0.39, 0.29) is 20.5 Å². The normalized spacial score (nSPS) is 13.5. The zero-order valence-electron chi connectivity index (χ0n) is 12.7. The van der Waals surface area contributed by atoms with E-state index in [0.717, 1.165) is 37.6 Å². The number of hydrogen-bond acceptors (Lipinski definition) is 4. The summed E-state index contributed by atoms with van der Waals surface area (Å²) in [5, 5.41) is 9.04. The molecule has 2 rings (SSSR count). The maximum atomic E-state index is 13.5. The fourth-order valence-corrected chi connectivity index (χ4v) is 3.62. The molecule has 0 saturated heterocycles. The van der Waals surface area contributed by atoms with Gasteiger partial charge in [0.05, 0.1) is 5.56 Å². The highest BCUT2D eigenvalue weighted by Gasteiger charge is 2.47. The molecule has 1 unspecified atom stereocenters. The van der Waals surface area contributed by atoms with E-state index in [0.29, 0.717) is 0 Å². The van der Waals surface area contributed by atoms with Crippen molar-refractivity contribution in [2.75, 3.05) is 7.05 Å². The molecule has 0 spiro atoms. The zero-order chi connectivity index (χ0) is 18.8. The van der Waals surface area contributed by atoms with Gasteiger partial charge in [0.1, 0.15) is 17.0 Å². The smallest absolute Gasteiger partial charge is 0.262 e. The summed E-state index contributed by atoms with van der Waals surface area (Å²) in [6, 6.07) is 4.95. The fourth-order valence-electron chi connectivity index (χ4n) is 2.18. The Kier molecular flexibility index (Phi) is 5.37. The molecular weight excluding hydrogens is 379 g/mol. The van der Waals surface area contributed by atoms with E-state index in [2.05, 4.69) is 4.98 Å². The minimum atomic E-state index is -4.87. The summed E-state index contributed by atoms with van der Waals surface area (Å²) in [6.07, 6.45) is -2.86. The van der Waals surface area contributed by atoms with Crippen LogP contribution in [0.15, 0.2) is 47.6 Å². The van der Waals surface area contributed by atoms with Crippen LogP contribution in [0.1, 0.15) is 17.2 Å². The lowest BCUT2D eigenvalue weighted by atomic mass is 10.1. The number of rotatable bonds is 4. The van der Waals surface area contributed by atoms with Crippen LogP contribution < -0.4 is 0 Å². The molecule has 0 aliphatic carbocycles. The first-order valence-corrected chi connectivity index (χ1v) is 8.54. The molecule has 5 nitrogen and oxygen atoms in total. The first-order valence-electron chi connectivity index (χ1n) is 6.72. The summed E-state index contributed by atoms with van der Waals surface area (Å²) >= 11 is 5.68. The van der Waals surface area contributed by atoms with Gasteiger partial charge in [-0.15, -0.1) is 0 Å². The molecule has 2 aromatic rings. The summed E-state index contributed by atoms with van der Waals surface area (Å²) in [7, 11) is -3.72. The molecule has 25 heavy (non-hydrogen) atoms. The fraction of sp³-hybridized carbons (Fsp3) is 0.200. The van der Waals surface area contributed by atoms with Gasteiger partial charge >= 0.3 is 6.18 Å².